The Morgan fingerprint density at radius 3 is 2.17 bits per heavy atom. The molecule has 40 heavy (non-hydrogen) atoms. The molecule has 0 aliphatic carbocycles. The molecule has 4 aromatic carbocycles. The van der Waals surface area contributed by atoms with Crippen LogP contribution >= 0.6 is 11.6 Å². The van der Waals surface area contributed by atoms with Gasteiger partial charge >= 0.3 is 5.97 Å². The largest absolute Gasteiger partial charge is 0.493 e. The van der Waals surface area contributed by atoms with Crippen LogP contribution in [-0.2, 0) is 24.4 Å². The highest BCUT2D eigenvalue weighted by atomic mass is 35.5. The maximum absolute atomic E-state index is 11.5. The van der Waals surface area contributed by atoms with Crippen molar-refractivity contribution in [3.05, 3.63) is 125 Å². The summed E-state index contributed by atoms with van der Waals surface area (Å²) in [6, 6.07) is 31.1. The SMILES string of the molecule is O=C(O)Cc1cn(Cc2ccccc2)c2ccc(OCCCOc3cccc(OCc4ccc(Cl)cc4)c3)cc12. The lowest BCUT2D eigenvalue weighted by Crippen LogP contribution is -2.05. The number of ether oxygens (including phenoxy) is 3. The Labute approximate surface area is 238 Å². The smallest absolute Gasteiger partial charge is 0.307 e. The van der Waals surface area contributed by atoms with Crippen molar-refractivity contribution >= 4 is 28.5 Å². The first kappa shape index (κ1) is 27.2. The number of aromatic nitrogens is 1. The minimum Gasteiger partial charge on any atom is -0.493 e. The number of rotatable bonds is 13. The standard InChI is InChI=1S/C33H30ClNO5/c34-27-12-10-25(11-13-27)23-40-29-9-4-8-28(19-29)38-16-5-17-39-30-14-15-32-31(20-30)26(18-33(36)37)22-35(32)21-24-6-2-1-3-7-24/h1-4,6-15,19-20,22H,5,16-18,21,23H2,(H,36,37). The number of carbonyl (C=O) groups is 1. The molecule has 0 aliphatic rings. The lowest BCUT2D eigenvalue weighted by Gasteiger charge is -2.11. The molecule has 0 atom stereocenters. The number of halogens is 1. The van der Waals surface area contributed by atoms with E-state index in [0.29, 0.717) is 43.6 Å². The van der Waals surface area contributed by atoms with Gasteiger partial charge in [-0.15, -0.1) is 0 Å². The molecule has 0 unspecified atom stereocenters. The van der Waals surface area contributed by atoms with Crippen molar-refractivity contribution in [2.24, 2.45) is 0 Å². The molecule has 0 aliphatic heterocycles. The van der Waals surface area contributed by atoms with Crippen LogP contribution in [0.4, 0.5) is 0 Å². The Balaban J connectivity index is 1.14. The van der Waals surface area contributed by atoms with Gasteiger partial charge in [0.05, 0.1) is 19.6 Å². The summed E-state index contributed by atoms with van der Waals surface area (Å²) < 4.78 is 19.9. The fourth-order valence-corrected chi connectivity index (χ4v) is 4.62. The van der Waals surface area contributed by atoms with Crippen LogP contribution in [0.5, 0.6) is 17.2 Å². The van der Waals surface area contributed by atoms with Gasteiger partial charge < -0.3 is 23.9 Å². The van der Waals surface area contributed by atoms with E-state index >= 15 is 0 Å². The molecule has 0 radical (unpaired) electrons. The first-order valence-electron chi connectivity index (χ1n) is 13.1. The normalized spacial score (nSPS) is 10.9. The minimum atomic E-state index is -0.860. The fraction of sp³-hybridized carbons (Fsp3) is 0.182. The van der Waals surface area contributed by atoms with Crippen molar-refractivity contribution in [3.63, 3.8) is 0 Å². The third-order valence-electron chi connectivity index (χ3n) is 6.42. The molecule has 6 nitrogen and oxygen atoms in total. The second-order valence-electron chi connectivity index (χ2n) is 9.46. The van der Waals surface area contributed by atoms with E-state index in [4.69, 9.17) is 25.8 Å². The third-order valence-corrected chi connectivity index (χ3v) is 6.67. The monoisotopic (exact) mass is 555 g/mol. The fourth-order valence-electron chi connectivity index (χ4n) is 4.49. The number of hydrogen-bond acceptors (Lipinski definition) is 4. The molecular formula is C33H30ClNO5. The highest BCUT2D eigenvalue weighted by Crippen LogP contribution is 2.28. The summed E-state index contributed by atoms with van der Waals surface area (Å²) in [6.45, 7) is 2.07. The van der Waals surface area contributed by atoms with E-state index in [1.165, 1.54) is 0 Å². The summed E-state index contributed by atoms with van der Waals surface area (Å²) in [5.41, 5.74) is 3.94. The van der Waals surface area contributed by atoms with E-state index < -0.39 is 5.97 Å². The van der Waals surface area contributed by atoms with Crippen LogP contribution < -0.4 is 14.2 Å². The number of benzene rings is 4. The summed E-state index contributed by atoms with van der Waals surface area (Å²) in [4.78, 5) is 11.5. The molecule has 0 bridgehead atoms. The third kappa shape index (κ3) is 7.36. The molecule has 5 aromatic rings. The van der Waals surface area contributed by atoms with Gasteiger partial charge in [0, 0.05) is 41.2 Å². The zero-order chi connectivity index (χ0) is 27.7. The maximum atomic E-state index is 11.5. The number of carboxylic acids is 1. The first-order chi connectivity index (χ1) is 19.5. The zero-order valence-corrected chi connectivity index (χ0v) is 22.7. The molecule has 0 amide bonds. The Hall–Kier alpha value is -4.42. The van der Waals surface area contributed by atoms with Crippen LogP contribution in [0.3, 0.4) is 0 Å². The van der Waals surface area contributed by atoms with Crippen LogP contribution in [-0.4, -0.2) is 28.9 Å². The summed E-state index contributed by atoms with van der Waals surface area (Å²) in [5, 5.41) is 11.0. The molecule has 0 fully saturated rings. The summed E-state index contributed by atoms with van der Waals surface area (Å²) >= 11 is 5.94. The highest BCUT2D eigenvalue weighted by Gasteiger charge is 2.13. The predicted molar refractivity (Wildman–Crippen MR) is 157 cm³/mol. The molecule has 7 heteroatoms. The van der Waals surface area contributed by atoms with Gasteiger partial charge in [-0.3, -0.25) is 4.79 Å². The minimum absolute atomic E-state index is 0.0436. The zero-order valence-electron chi connectivity index (χ0n) is 22.0. The highest BCUT2D eigenvalue weighted by molar-refractivity contribution is 6.30. The summed E-state index contributed by atoms with van der Waals surface area (Å²) in [7, 11) is 0. The Morgan fingerprint density at radius 1 is 0.750 bits per heavy atom. The van der Waals surface area contributed by atoms with Gasteiger partial charge in [-0.05, 0) is 59.2 Å². The topological polar surface area (TPSA) is 69.9 Å². The van der Waals surface area contributed by atoms with Crippen LogP contribution in [0.25, 0.3) is 10.9 Å². The van der Waals surface area contributed by atoms with Crippen molar-refractivity contribution in [1.82, 2.24) is 4.57 Å². The van der Waals surface area contributed by atoms with E-state index in [2.05, 4.69) is 16.7 Å². The number of fused-ring (bicyclic) bond motifs is 1. The number of aliphatic carboxylic acids is 1. The molecular weight excluding hydrogens is 526 g/mol. The van der Waals surface area contributed by atoms with Crippen LogP contribution in [0.15, 0.2) is 103 Å². The van der Waals surface area contributed by atoms with Gasteiger partial charge in [-0.1, -0.05) is 60.1 Å². The van der Waals surface area contributed by atoms with E-state index in [1.807, 2.05) is 91.1 Å². The van der Waals surface area contributed by atoms with Gasteiger partial charge in [0.15, 0.2) is 0 Å². The Morgan fingerprint density at radius 2 is 1.45 bits per heavy atom. The second kappa shape index (κ2) is 13.1. The quantitative estimate of drug-likeness (QED) is 0.153. The van der Waals surface area contributed by atoms with E-state index in [9.17, 15) is 9.90 Å². The average Bonchev–Trinajstić information content (AvgIpc) is 3.28. The molecule has 1 N–H and O–H groups in total. The lowest BCUT2D eigenvalue weighted by atomic mass is 10.1. The molecule has 1 aromatic heterocycles. The van der Waals surface area contributed by atoms with E-state index in [-0.39, 0.29) is 6.42 Å². The van der Waals surface area contributed by atoms with Crippen LogP contribution in [0.2, 0.25) is 5.02 Å². The van der Waals surface area contributed by atoms with E-state index in [1.54, 1.807) is 0 Å². The van der Waals surface area contributed by atoms with Crippen molar-refractivity contribution in [2.45, 2.75) is 26.0 Å². The van der Waals surface area contributed by atoms with Gasteiger partial charge in [0.1, 0.15) is 23.9 Å². The number of nitrogens with zero attached hydrogens (tertiary/aromatic N) is 1. The average molecular weight is 556 g/mol. The Bertz CT molecular complexity index is 1560. The van der Waals surface area contributed by atoms with Crippen LogP contribution in [0, 0.1) is 0 Å². The lowest BCUT2D eigenvalue weighted by molar-refractivity contribution is -0.136. The Kier molecular flexibility index (Phi) is 8.89. The molecule has 0 saturated carbocycles. The predicted octanol–water partition coefficient (Wildman–Crippen LogP) is 7.40. The number of hydrogen-bond donors (Lipinski definition) is 1. The first-order valence-corrected chi connectivity index (χ1v) is 13.5. The molecule has 5 rings (SSSR count). The molecule has 204 valence electrons. The van der Waals surface area contributed by atoms with Crippen molar-refractivity contribution in [3.8, 4) is 17.2 Å². The molecule has 0 saturated heterocycles. The van der Waals surface area contributed by atoms with Gasteiger partial charge in [0.25, 0.3) is 0 Å². The number of carboxylic acid groups (broad SMARTS) is 1. The van der Waals surface area contributed by atoms with Gasteiger partial charge in [0.2, 0.25) is 0 Å². The second-order valence-corrected chi connectivity index (χ2v) is 9.89. The summed E-state index contributed by atoms with van der Waals surface area (Å²) in [5.74, 6) is 1.30. The summed E-state index contributed by atoms with van der Waals surface area (Å²) in [6.07, 6.45) is 2.57. The van der Waals surface area contributed by atoms with Crippen molar-refractivity contribution in [2.75, 3.05) is 13.2 Å². The van der Waals surface area contributed by atoms with Crippen LogP contribution in [0.1, 0.15) is 23.1 Å². The van der Waals surface area contributed by atoms with Crippen molar-refractivity contribution in [1.29, 1.82) is 0 Å². The molecule has 1 heterocycles. The van der Waals surface area contributed by atoms with Gasteiger partial charge in [-0.2, -0.15) is 0 Å². The van der Waals surface area contributed by atoms with Gasteiger partial charge in [-0.25, -0.2) is 0 Å². The molecule has 0 spiro atoms. The maximum Gasteiger partial charge on any atom is 0.307 e. The van der Waals surface area contributed by atoms with E-state index in [0.717, 1.165) is 39.1 Å². The van der Waals surface area contributed by atoms with Crippen molar-refractivity contribution < 1.29 is 24.1 Å².